The molecule has 18 heavy (non-hydrogen) atoms. The number of carboxylic acid groups (broad SMARTS) is 1. The number of aryl methyl sites for hydroxylation is 1. The van der Waals surface area contributed by atoms with E-state index >= 15 is 0 Å². The summed E-state index contributed by atoms with van der Waals surface area (Å²) in [6.07, 6.45) is 0.495. The van der Waals surface area contributed by atoms with Crippen molar-refractivity contribution in [2.24, 2.45) is 0 Å². The van der Waals surface area contributed by atoms with Crippen LogP contribution in [0.1, 0.15) is 22.6 Å². The highest BCUT2D eigenvalue weighted by Crippen LogP contribution is 2.17. The number of hydrogen-bond acceptors (Lipinski definition) is 5. The SMILES string of the molecule is COCCCNS(=O)(=O)c1c(C(=O)O)n[nH]c1C. The summed E-state index contributed by atoms with van der Waals surface area (Å²) in [5.41, 5.74) is -0.321. The summed E-state index contributed by atoms with van der Waals surface area (Å²) in [5, 5.41) is 14.7. The zero-order valence-corrected chi connectivity index (χ0v) is 10.9. The number of nitrogens with zero attached hydrogens (tertiary/aromatic N) is 1. The Bertz CT molecular complexity index is 522. The van der Waals surface area contributed by atoms with Crippen molar-refractivity contribution in [1.29, 1.82) is 0 Å². The number of rotatable bonds is 7. The van der Waals surface area contributed by atoms with Crippen molar-refractivity contribution in [2.75, 3.05) is 20.3 Å². The second-order valence-corrected chi connectivity index (χ2v) is 5.28. The Kier molecular flexibility index (Phi) is 4.82. The molecule has 0 aliphatic heterocycles. The molecule has 0 saturated heterocycles. The lowest BCUT2D eigenvalue weighted by Gasteiger charge is -2.06. The summed E-state index contributed by atoms with van der Waals surface area (Å²) < 4.78 is 30.9. The summed E-state index contributed by atoms with van der Waals surface area (Å²) in [7, 11) is -2.37. The minimum atomic E-state index is -3.88. The summed E-state index contributed by atoms with van der Waals surface area (Å²) in [6, 6.07) is 0. The largest absolute Gasteiger partial charge is 0.476 e. The first kappa shape index (κ1) is 14.6. The van der Waals surface area contributed by atoms with Gasteiger partial charge in [-0.15, -0.1) is 0 Å². The van der Waals surface area contributed by atoms with Crippen LogP contribution < -0.4 is 4.72 Å². The van der Waals surface area contributed by atoms with Crippen LogP contribution in [0.5, 0.6) is 0 Å². The molecule has 0 aliphatic carbocycles. The van der Waals surface area contributed by atoms with Gasteiger partial charge in [0.25, 0.3) is 0 Å². The van der Waals surface area contributed by atoms with Gasteiger partial charge in [0.1, 0.15) is 4.90 Å². The van der Waals surface area contributed by atoms with Crippen molar-refractivity contribution < 1.29 is 23.1 Å². The summed E-state index contributed by atoms with van der Waals surface area (Å²) in [6.45, 7) is 2.03. The van der Waals surface area contributed by atoms with Crippen molar-refractivity contribution in [2.45, 2.75) is 18.2 Å². The molecule has 0 saturated carbocycles. The molecule has 0 amide bonds. The number of hydrogen-bond donors (Lipinski definition) is 3. The van der Waals surface area contributed by atoms with E-state index in [9.17, 15) is 13.2 Å². The highest BCUT2D eigenvalue weighted by Gasteiger charge is 2.27. The van der Waals surface area contributed by atoms with E-state index in [4.69, 9.17) is 9.84 Å². The predicted molar refractivity (Wildman–Crippen MR) is 62.0 cm³/mol. The molecule has 1 aromatic rings. The molecule has 1 rings (SSSR count). The molecule has 3 N–H and O–H groups in total. The molecule has 102 valence electrons. The van der Waals surface area contributed by atoms with E-state index in [0.29, 0.717) is 13.0 Å². The maximum Gasteiger partial charge on any atom is 0.357 e. The third-order valence-electron chi connectivity index (χ3n) is 2.18. The molecule has 9 heteroatoms. The molecule has 0 fully saturated rings. The van der Waals surface area contributed by atoms with Crippen LogP contribution in [0.15, 0.2) is 4.90 Å². The first-order valence-corrected chi connectivity index (χ1v) is 6.65. The molecule has 0 aromatic carbocycles. The van der Waals surface area contributed by atoms with Gasteiger partial charge in [0, 0.05) is 20.3 Å². The maximum atomic E-state index is 11.9. The van der Waals surface area contributed by atoms with Crippen molar-refractivity contribution in [3.05, 3.63) is 11.4 Å². The van der Waals surface area contributed by atoms with Crippen LogP contribution in [0.4, 0.5) is 0 Å². The van der Waals surface area contributed by atoms with Crippen LogP contribution in [0.3, 0.4) is 0 Å². The number of ether oxygens (including phenoxy) is 1. The lowest BCUT2D eigenvalue weighted by atomic mass is 10.4. The normalized spacial score (nSPS) is 11.7. The van der Waals surface area contributed by atoms with Crippen LogP contribution >= 0.6 is 0 Å². The van der Waals surface area contributed by atoms with Crippen LogP contribution in [0.2, 0.25) is 0 Å². The van der Waals surface area contributed by atoms with Gasteiger partial charge in [0.05, 0.1) is 5.69 Å². The van der Waals surface area contributed by atoms with Gasteiger partial charge < -0.3 is 9.84 Å². The molecule has 1 heterocycles. The summed E-state index contributed by atoms with van der Waals surface area (Å²) in [4.78, 5) is 10.5. The van der Waals surface area contributed by atoms with E-state index in [1.165, 1.54) is 14.0 Å². The Hall–Kier alpha value is -1.45. The van der Waals surface area contributed by atoms with Crippen molar-refractivity contribution in [3.63, 3.8) is 0 Å². The number of carbonyl (C=O) groups is 1. The average molecular weight is 277 g/mol. The number of sulfonamides is 1. The Morgan fingerprint density at radius 2 is 2.22 bits per heavy atom. The fraction of sp³-hybridized carbons (Fsp3) is 0.556. The number of methoxy groups -OCH3 is 1. The van der Waals surface area contributed by atoms with Crippen LogP contribution in [-0.4, -0.2) is 50.0 Å². The van der Waals surface area contributed by atoms with E-state index in [-0.39, 0.29) is 17.1 Å². The maximum absolute atomic E-state index is 11.9. The molecular weight excluding hydrogens is 262 g/mol. The quantitative estimate of drug-likeness (QED) is 0.590. The third-order valence-corrected chi connectivity index (χ3v) is 3.80. The van der Waals surface area contributed by atoms with Gasteiger partial charge in [-0.3, -0.25) is 5.10 Å². The van der Waals surface area contributed by atoms with E-state index in [1.54, 1.807) is 0 Å². The minimum Gasteiger partial charge on any atom is -0.476 e. The van der Waals surface area contributed by atoms with Crippen molar-refractivity contribution in [1.82, 2.24) is 14.9 Å². The number of carboxylic acids is 1. The van der Waals surface area contributed by atoms with Crippen molar-refractivity contribution >= 4 is 16.0 Å². The number of aromatic amines is 1. The van der Waals surface area contributed by atoms with Gasteiger partial charge in [0.15, 0.2) is 5.69 Å². The summed E-state index contributed by atoms with van der Waals surface area (Å²) in [5.74, 6) is -1.39. The number of nitrogens with one attached hydrogen (secondary N) is 2. The van der Waals surface area contributed by atoms with Gasteiger partial charge in [-0.1, -0.05) is 0 Å². The molecule has 0 aliphatic rings. The number of aromatic nitrogens is 2. The molecule has 0 spiro atoms. The minimum absolute atomic E-state index is 0.167. The van der Waals surface area contributed by atoms with Gasteiger partial charge in [-0.05, 0) is 13.3 Å². The predicted octanol–water partition coefficient (Wildman–Crippen LogP) is -0.269. The zero-order chi connectivity index (χ0) is 13.8. The standard InChI is InChI=1S/C9H15N3O5S/c1-6-8(7(9(13)14)12-11-6)18(15,16)10-4-3-5-17-2/h10H,3-5H2,1-2H3,(H,11,12)(H,13,14). The first-order valence-electron chi connectivity index (χ1n) is 5.17. The first-order chi connectivity index (χ1) is 8.40. The molecule has 1 aromatic heterocycles. The smallest absolute Gasteiger partial charge is 0.357 e. The molecule has 0 unspecified atom stereocenters. The van der Waals surface area contributed by atoms with Gasteiger partial charge >= 0.3 is 5.97 Å². The third kappa shape index (κ3) is 3.28. The van der Waals surface area contributed by atoms with E-state index in [0.717, 1.165) is 0 Å². The zero-order valence-electron chi connectivity index (χ0n) is 10.1. The molecule has 0 bridgehead atoms. The Balaban J connectivity index is 2.91. The summed E-state index contributed by atoms with van der Waals surface area (Å²) >= 11 is 0. The monoisotopic (exact) mass is 277 g/mol. The van der Waals surface area contributed by atoms with Crippen LogP contribution in [-0.2, 0) is 14.8 Å². The van der Waals surface area contributed by atoms with Gasteiger partial charge in [-0.25, -0.2) is 17.9 Å². The topological polar surface area (TPSA) is 121 Å². The molecule has 8 nitrogen and oxygen atoms in total. The molecular formula is C9H15N3O5S. The van der Waals surface area contributed by atoms with Crippen LogP contribution in [0, 0.1) is 6.92 Å². The van der Waals surface area contributed by atoms with E-state index in [2.05, 4.69) is 14.9 Å². The fourth-order valence-corrected chi connectivity index (χ4v) is 2.78. The second-order valence-electron chi connectivity index (χ2n) is 3.58. The average Bonchev–Trinajstić information content (AvgIpc) is 2.67. The Morgan fingerprint density at radius 1 is 1.56 bits per heavy atom. The molecule has 0 radical (unpaired) electrons. The Labute approximate surface area is 104 Å². The highest BCUT2D eigenvalue weighted by molar-refractivity contribution is 7.89. The van der Waals surface area contributed by atoms with E-state index in [1.807, 2.05) is 0 Å². The number of H-pyrrole nitrogens is 1. The lowest BCUT2D eigenvalue weighted by Crippen LogP contribution is -2.27. The second kappa shape index (κ2) is 5.94. The van der Waals surface area contributed by atoms with Crippen LogP contribution in [0.25, 0.3) is 0 Å². The number of aromatic carboxylic acids is 1. The lowest BCUT2D eigenvalue weighted by molar-refractivity contribution is 0.0686. The fourth-order valence-electron chi connectivity index (χ4n) is 1.39. The van der Waals surface area contributed by atoms with E-state index < -0.39 is 21.7 Å². The van der Waals surface area contributed by atoms with Gasteiger partial charge in [-0.2, -0.15) is 5.10 Å². The highest BCUT2D eigenvalue weighted by atomic mass is 32.2. The van der Waals surface area contributed by atoms with Crippen molar-refractivity contribution in [3.8, 4) is 0 Å². The Morgan fingerprint density at radius 3 is 2.78 bits per heavy atom. The van der Waals surface area contributed by atoms with Gasteiger partial charge in [0.2, 0.25) is 10.0 Å². The molecule has 0 atom stereocenters.